The zero-order valence-corrected chi connectivity index (χ0v) is 17.5. The van der Waals surface area contributed by atoms with Gasteiger partial charge in [0.05, 0.1) is 0 Å². The van der Waals surface area contributed by atoms with Gasteiger partial charge in [-0.15, -0.1) is 0 Å². The van der Waals surface area contributed by atoms with Crippen molar-refractivity contribution in [1.82, 2.24) is 9.80 Å². The van der Waals surface area contributed by atoms with Gasteiger partial charge in [0.1, 0.15) is 12.1 Å². The molecule has 0 saturated carbocycles. The van der Waals surface area contributed by atoms with E-state index in [1.807, 2.05) is 78.9 Å². The van der Waals surface area contributed by atoms with Crippen molar-refractivity contribution in [2.24, 2.45) is 0 Å². The molecule has 32 heavy (non-hydrogen) atoms. The zero-order valence-electron chi connectivity index (χ0n) is 17.5. The molecule has 1 saturated heterocycles. The van der Waals surface area contributed by atoms with Gasteiger partial charge in [-0.3, -0.25) is 4.79 Å². The van der Waals surface area contributed by atoms with E-state index in [9.17, 15) is 19.5 Å². The lowest BCUT2D eigenvalue weighted by Crippen LogP contribution is -2.47. The maximum atomic E-state index is 13.5. The van der Waals surface area contributed by atoms with Gasteiger partial charge in [-0.05, 0) is 16.7 Å². The Morgan fingerprint density at radius 2 is 1.28 bits per heavy atom. The Bertz CT molecular complexity index is 1030. The van der Waals surface area contributed by atoms with Gasteiger partial charge >= 0.3 is 12.0 Å². The van der Waals surface area contributed by atoms with E-state index in [0.29, 0.717) is 6.42 Å². The maximum Gasteiger partial charge on any atom is 0.328 e. The summed E-state index contributed by atoms with van der Waals surface area (Å²) >= 11 is 0. The van der Waals surface area contributed by atoms with Crippen LogP contribution in [-0.4, -0.2) is 44.9 Å². The van der Waals surface area contributed by atoms with E-state index in [1.165, 1.54) is 4.90 Å². The van der Waals surface area contributed by atoms with Crippen LogP contribution in [0, 0.1) is 0 Å². The average molecular weight is 428 g/mol. The van der Waals surface area contributed by atoms with Crippen molar-refractivity contribution in [2.75, 3.05) is 0 Å². The number of urea groups is 1. The van der Waals surface area contributed by atoms with E-state index in [4.69, 9.17) is 0 Å². The second-order valence-corrected chi connectivity index (χ2v) is 7.85. The number of carboxylic acid groups (broad SMARTS) is 1. The van der Waals surface area contributed by atoms with E-state index < -0.39 is 30.0 Å². The SMILES string of the molecule is O=C(O)C(Cc1ccccc1)N1C(=O)C(Cc2ccccc2)N(Cc2ccccc2)C1=O. The van der Waals surface area contributed by atoms with Crippen LogP contribution in [-0.2, 0) is 29.0 Å². The summed E-state index contributed by atoms with van der Waals surface area (Å²) < 4.78 is 0. The molecule has 162 valence electrons. The topological polar surface area (TPSA) is 77.9 Å². The molecule has 3 amide bonds. The number of hydrogen-bond acceptors (Lipinski definition) is 3. The first-order valence-corrected chi connectivity index (χ1v) is 10.5. The number of carbonyl (C=O) groups excluding carboxylic acids is 2. The number of nitrogens with zero attached hydrogens (tertiary/aromatic N) is 2. The average Bonchev–Trinajstić information content (AvgIpc) is 3.03. The molecule has 0 spiro atoms. The van der Waals surface area contributed by atoms with Crippen molar-refractivity contribution < 1.29 is 19.5 Å². The largest absolute Gasteiger partial charge is 0.480 e. The van der Waals surface area contributed by atoms with Crippen LogP contribution in [0.1, 0.15) is 16.7 Å². The number of hydrogen-bond donors (Lipinski definition) is 1. The molecule has 6 heteroatoms. The summed E-state index contributed by atoms with van der Waals surface area (Å²) in [5, 5.41) is 9.92. The Kier molecular flexibility index (Phi) is 6.31. The molecule has 0 radical (unpaired) electrons. The minimum absolute atomic E-state index is 0.0604. The van der Waals surface area contributed by atoms with Gasteiger partial charge in [-0.25, -0.2) is 14.5 Å². The number of amides is 3. The van der Waals surface area contributed by atoms with Crippen molar-refractivity contribution in [2.45, 2.75) is 31.5 Å². The van der Waals surface area contributed by atoms with Crippen molar-refractivity contribution in [1.29, 1.82) is 0 Å². The molecule has 1 N–H and O–H groups in total. The predicted molar refractivity (Wildman–Crippen MR) is 120 cm³/mol. The molecule has 3 aromatic carbocycles. The van der Waals surface area contributed by atoms with Crippen molar-refractivity contribution >= 4 is 17.9 Å². The molecule has 1 aliphatic heterocycles. The number of carboxylic acids is 1. The van der Waals surface area contributed by atoms with Crippen LogP contribution in [0.15, 0.2) is 91.0 Å². The third-order valence-corrected chi connectivity index (χ3v) is 5.69. The van der Waals surface area contributed by atoms with Crippen LogP contribution < -0.4 is 0 Å². The Morgan fingerprint density at radius 1 is 0.781 bits per heavy atom. The molecule has 2 unspecified atom stereocenters. The third-order valence-electron chi connectivity index (χ3n) is 5.69. The van der Waals surface area contributed by atoms with Crippen LogP contribution >= 0.6 is 0 Å². The van der Waals surface area contributed by atoms with Crippen molar-refractivity contribution in [3.8, 4) is 0 Å². The lowest BCUT2D eigenvalue weighted by Gasteiger charge is -2.23. The first-order chi connectivity index (χ1) is 15.5. The lowest BCUT2D eigenvalue weighted by molar-refractivity contribution is -0.146. The first kappa shape index (κ1) is 21.3. The normalized spacial score (nSPS) is 16.9. The fourth-order valence-corrected chi connectivity index (χ4v) is 4.07. The molecule has 0 bridgehead atoms. The molecule has 0 aromatic heterocycles. The summed E-state index contributed by atoms with van der Waals surface area (Å²) in [6.45, 7) is 0.233. The summed E-state index contributed by atoms with van der Waals surface area (Å²) in [4.78, 5) is 41.5. The minimum atomic E-state index is -1.27. The van der Waals surface area contributed by atoms with Gasteiger partial charge in [0.15, 0.2) is 0 Å². The highest BCUT2D eigenvalue weighted by Gasteiger charge is 2.49. The molecular weight excluding hydrogens is 404 g/mol. The third kappa shape index (κ3) is 4.54. The number of aliphatic carboxylic acids is 1. The lowest BCUT2D eigenvalue weighted by atomic mass is 10.0. The van der Waals surface area contributed by atoms with Gasteiger partial charge in [0.2, 0.25) is 0 Å². The van der Waals surface area contributed by atoms with Crippen LogP contribution in [0.3, 0.4) is 0 Å². The molecule has 1 aliphatic rings. The van der Waals surface area contributed by atoms with Crippen LogP contribution in [0.4, 0.5) is 4.79 Å². The highest BCUT2D eigenvalue weighted by molar-refractivity contribution is 6.07. The Hall–Kier alpha value is -3.93. The van der Waals surface area contributed by atoms with Crippen LogP contribution in [0.5, 0.6) is 0 Å². The second-order valence-electron chi connectivity index (χ2n) is 7.85. The number of benzene rings is 3. The van der Waals surface area contributed by atoms with Gasteiger partial charge in [-0.1, -0.05) is 91.0 Å². The molecular formula is C26H24N2O4. The Morgan fingerprint density at radius 3 is 1.81 bits per heavy atom. The van der Waals surface area contributed by atoms with Gasteiger partial charge in [0.25, 0.3) is 5.91 Å². The van der Waals surface area contributed by atoms with E-state index in [2.05, 4.69) is 0 Å². The smallest absolute Gasteiger partial charge is 0.328 e. The van der Waals surface area contributed by atoms with E-state index in [-0.39, 0.29) is 13.0 Å². The van der Waals surface area contributed by atoms with Gasteiger partial charge in [-0.2, -0.15) is 0 Å². The molecule has 1 fully saturated rings. The standard InChI is InChI=1S/C26H24N2O4/c29-24-22(16-19-10-4-1-5-11-19)27(18-21-14-8-3-9-15-21)26(32)28(24)23(25(30)31)17-20-12-6-2-7-13-20/h1-15,22-23H,16-18H2,(H,30,31). The number of imide groups is 1. The highest BCUT2D eigenvalue weighted by Crippen LogP contribution is 2.27. The summed E-state index contributed by atoms with van der Waals surface area (Å²) in [5.74, 6) is -1.67. The number of carbonyl (C=O) groups is 3. The zero-order chi connectivity index (χ0) is 22.5. The van der Waals surface area contributed by atoms with E-state index >= 15 is 0 Å². The van der Waals surface area contributed by atoms with Crippen molar-refractivity contribution in [3.05, 3.63) is 108 Å². The minimum Gasteiger partial charge on any atom is -0.480 e. The Labute approximate surface area is 186 Å². The highest BCUT2D eigenvalue weighted by atomic mass is 16.4. The predicted octanol–water partition coefficient (Wildman–Crippen LogP) is 3.76. The van der Waals surface area contributed by atoms with Gasteiger partial charge in [0, 0.05) is 19.4 Å². The van der Waals surface area contributed by atoms with Crippen molar-refractivity contribution in [3.63, 3.8) is 0 Å². The molecule has 4 rings (SSSR count). The van der Waals surface area contributed by atoms with E-state index in [1.54, 1.807) is 12.1 Å². The van der Waals surface area contributed by atoms with Crippen LogP contribution in [0.25, 0.3) is 0 Å². The molecule has 0 aliphatic carbocycles. The molecule has 2 atom stereocenters. The summed E-state index contributed by atoms with van der Waals surface area (Å²) in [6.07, 6.45) is 0.386. The van der Waals surface area contributed by atoms with Gasteiger partial charge < -0.3 is 10.0 Å². The van der Waals surface area contributed by atoms with Crippen LogP contribution in [0.2, 0.25) is 0 Å². The Balaban J connectivity index is 1.66. The summed E-state index contributed by atoms with van der Waals surface area (Å²) in [6, 6.07) is 25.3. The first-order valence-electron chi connectivity index (χ1n) is 10.5. The monoisotopic (exact) mass is 428 g/mol. The molecule has 1 heterocycles. The number of rotatable bonds is 8. The quantitative estimate of drug-likeness (QED) is 0.554. The van der Waals surface area contributed by atoms with E-state index in [0.717, 1.165) is 21.6 Å². The molecule has 6 nitrogen and oxygen atoms in total. The fraction of sp³-hybridized carbons (Fsp3) is 0.192. The fourth-order valence-electron chi connectivity index (χ4n) is 4.07. The second kappa shape index (κ2) is 9.47. The summed E-state index contributed by atoms with van der Waals surface area (Å²) in [7, 11) is 0. The summed E-state index contributed by atoms with van der Waals surface area (Å²) in [5.41, 5.74) is 2.54. The maximum absolute atomic E-state index is 13.5. The molecule has 3 aromatic rings.